The van der Waals surface area contributed by atoms with Crippen LogP contribution in [0.5, 0.6) is 5.75 Å². The normalized spacial score (nSPS) is 10.8. The van der Waals surface area contributed by atoms with E-state index in [2.05, 4.69) is 15.5 Å². The van der Waals surface area contributed by atoms with Gasteiger partial charge in [-0.1, -0.05) is 11.6 Å². The molecule has 0 saturated heterocycles. The van der Waals surface area contributed by atoms with Crippen LogP contribution in [0.25, 0.3) is 16.5 Å². The van der Waals surface area contributed by atoms with Crippen LogP contribution in [0, 0.1) is 0 Å². The number of ether oxygens (including phenoxy) is 1. The number of halogens is 1. The van der Waals surface area contributed by atoms with E-state index in [0.717, 1.165) is 10.4 Å². The highest BCUT2D eigenvalue weighted by Gasteiger charge is 2.09. The molecule has 2 heterocycles. The van der Waals surface area contributed by atoms with Crippen LogP contribution in [0.15, 0.2) is 54.7 Å². The van der Waals surface area contributed by atoms with Crippen LogP contribution < -0.4 is 10.1 Å². The first-order valence-corrected chi connectivity index (χ1v) is 9.99. The second kappa shape index (κ2) is 9.95. The van der Waals surface area contributed by atoms with Crippen molar-refractivity contribution >= 4 is 40.7 Å². The summed E-state index contributed by atoms with van der Waals surface area (Å²) >= 11 is 7.73. The van der Waals surface area contributed by atoms with Gasteiger partial charge in [0.05, 0.1) is 22.1 Å². The Kier molecular flexibility index (Phi) is 7.10. The lowest BCUT2D eigenvalue weighted by atomic mass is 10.2. The minimum Gasteiger partial charge on any atom is -0.490 e. The van der Waals surface area contributed by atoms with E-state index in [9.17, 15) is 9.59 Å². The summed E-state index contributed by atoms with van der Waals surface area (Å²) in [6.45, 7) is 2.15. The Morgan fingerprint density at radius 1 is 1.24 bits per heavy atom. The van der Waals surface area contributed by atoms with Crippen LogP contribution in [0.1, 0.15) is 22.3 Å². The highest BCUT2D eigenvalue weighted by Crippen LogP contribution is 2.34. The number of nitrogens with zero attached hydrogens (tertiary/aromatic N) is 2. The quantitative estimate of drug-likeness (QED) is 0.330. The minimum atomic E-state index is -0.250. The Hall–Kier alpha value is -3.03. The highest BCUT2D eigenvalue weighted by molar-refractivity contribution is 7.17. The molecular formula is C21H18ClN3O3S. The van der Waals surface area contributed by atoms with E-state index in [4.69, 9.17) is 16.3 Å². The zero-order valence-corrected chi connectivity index (χ0v) is 17.2. The third-order valence-corrected chi connectivity index (χ3v) is 5.36. The van der Waals surface area contributed by atoms with Crippen molar-refractivity contribution in [2.24, 2.45) is 0 Å². The van der Waals surface area contributed by atoms with Crippen LogP contribution in [-0.2, 0) is 4.79 Å². The van der Waals surface area contributed by atoms with Gasteiger partial charge >= 0.3 is 0 Å². The maximum atomic E-state index is 11.8. The maximum Gasteiger partial charge on any atom is 0.244 e. The molecule has 0 bridgehead atoms. The number of hydrogen-bond acceptors (Lipinski definition) is 6. The van der Waals surface area contributed by atoms with Crippen molar-refractivity contribution in [3.8, 4) is 16.2 Å². The van der Waals surface area contributed by atoms with E-state index in [1.165, 1.54) is 17.4 Å². The average Bonchev–Trinajstić information content (AvgIpc) is 3.22. The molecule has 0 radical (unpaired) electrons. The number of amides is 1. The molecule has 0 aliphatic rings. The summed E-state index contributed by atoms with van der Waals surface area (Å²) in [5.41, 5.74) is 1.52. The molecule has 29 heavy (non-hydrogen) atoms. The molecular weight excluding hydrogens is 410 g/mol. The molecule has 8 heteroatoms. The smallest absolute Gasteiger partial charge is 0.244 e. The number of thiophene rings is 1. The molecule has 0 fully saturated rings. The first kappa shape index (κ1) is 20.7. The standard InChI is InChI=1S/C21H18ClN3O3S/c1-14(26)19-7-8-20(29-19)15-4-6-18(17(22)13-15)28-12-11-23-21(27)9-5-16-3-2-10-24-25-16/h2-10,13H,11-12H2,1H3,(H,23,27)/b9-5+. The van der Waals surface area contributed by atoms with E-state index in [1.807, 2.05) is 18.2 Å². The number of ketones is 1. The second-order valence-electron chi connectivity index (χ2n) is 5.99. The van der Waals surface area contributed by atoms with E-state index in [1.54, 1.807) is 43.5 Å². The van der Waals surface area contributed by atoms with Gasteiger partial charge in [0.15, 0.2) is 5.78 Å². The molecule has 0 atom stereocenters. The number of hydrogen-bond donors (Lipinski definition) is 1. The van der Waals surface area contributed by atoms with Gasteiger partial charge in [0.2, 0.25) is 5.91 Å². The van der Waals surface area contributed by atoms with E-state index in [0.29, 0.717) is 27.9 Å². The molecule has 2 aromatic heterocycles. The Morgan fingerprint density at radius 2 is 2.10 bits per heavy atom. The number of carbonyl (C=O) groups is 2. The zero-order chi connectivity index (χ0) is 20.6. The van der Waals surface area contributed by atoms with Crippen molar-refractivity contribution in [3.05, 3.63) is 70.3 Å². The van der Waals surface area contributed by atoms with Gasteiger partial charge in [-0.25, -0.2) is 0 Å². The summed E-state index contributed by atoms with van der Waals surface area (Å²) in [4.78, 5) is 24.9. The summed E-state index contributed by atoms with van der Waals surface area (Å²) in [5, 5.41) is 10.8. The number of carbonyl (C=O) groups excluding carboxylic acids is 2. The Balaban J connectivity index is 1.48. The monoisotopic (exact) mass is 427 g/mol. The number of nitrogens with one attached hydrogen (secondary N) is 1. The van der Waals surface area contributed by atoms with Gasteiger partial charge in [-0.2, -0.15) is 10.2 Å². The van der Waals surface area contributed by atoms with Gasteiger partial charge in [0.1, 0.15) is 12.4 Å². The topological polar surface area (TPSA) is 81.2 Å². The summed E-state index contributed by atoms with van der Waals surface area (Å²) < 4.78 is 5.64. The number of benzene rings is 1. The largest absolute Gasteiger partial charge is 0.490 e. The molecule has 0 aliphatic carbocycles. The molecule has 0 unspecified atom stereocenters. The first-order valence-electron chi connectivity index (χ1n) is 8.80. The van der Waals surface area contributed by atoms with Gasteiger partial charge in [0.25, 0.3) is 0 Å². The fourth-order valence-electron chi connectivity index (χ4n) is 2.41. The average molecular weight is 428 g/mol. The lowest BCUT2D eigenvalue weighted by Gasteiger charge is -2.09. The van der Waals surface area contributed by atoms with Crippen LogP contribution in [0.2, 0.25) is 5.02 Å². The molecule has 0 aliphatic heterocycles. The Morgan fingerprint density at radius 3 is 2.79 bits per heavy atom. The van der Waals surface area contributed by atoms with Crippen LogP contribution >= 0.6 is 22.9 Å². The van der Waals surface area contributed by atoms with E-state index in [-0.39, 0.29) is 18.3 Å². The molecule has 6 nitrogen and oxygen atoms in total. The Labute approximate surface area is 177 Å². The van der Waals surface area contributed by atoms with Crippen LogP contribution in [0.3, 0.4) is 0 Å². The third kappa shape index (κ3) is 5.97. The van der Waals surface area contributed by atoms with Gasteiger partial charge in [-0.05, 0) is 61.0 Å². The molecule has 0 spiro atoms. The lowest BCUT2D eigenvalue weighted by Crippen LogP contribution is -2.26. The van der Waals surface area contributed by atoms with Gasteiger partial charge < -0.3 is 10.1 Å². The van der Waals surface area contributed by atoms with Crippen molar-refractivity contribution in [2.45, 2.75) is 6.92 Å². The van der Waals surface area contributed by atoms with Crippen molar-refractivity contribution < 1.29 is 14.3 Å². The fraction of sp³-hybridized carbons (Fsp3) is 0.143. The first-order chi connectivity index (χ1) is 14.0. The summed E-state index contributed by atoms with van der Waals surface area (Å²) in [5.74, 6) is 0.323. The molecule has 1 amide bonds. The van der Waals surface area contributed by atoms with E-state index < -0.39 is 0 Å². The second-order valence-corrected chi connectivity index (χ2v) is 7.48. The molecule has 1 aromatic carbocycles. The van der Waals surface area contributed by atoms with Gasteiger partial charge in [-0.15, -0.1) is 11.3 Å². The maximum absolute atomic E-state index is 11.8. The van der Waals surface area contributed by atoms with Crippen molar-refractivity contribution in [1.29, 1.82) is 0 Å². The predicted octanol–water partition coefficient (Wildman–Crippen LogP) is 4.27. The number of aromatic nitrogens is 2. The van der Waals surface area contributed by atoms with Crippen molar-refractivity contribution in [2.75, 3.05) is 13.2 Å². The summed E-state index contributed by atoms with van der Waals surface area (Å²) in [7, 11) is 0. The fourth-order valence-corrected chi connectivity index (χ4v) is 3.54. The highest BCUT2D eigenvalue weighted by atomic mass is 35.5. The molecule has 3 aromatic rings. The Bertz CT molecular complexity index is 1030. The van der Waals surface area contributed by atoms with Gasteiger partial charge in [0, 0.05) is 17.2 Å². The number of Topliss-reactive ketones (excluding diaryl/α,β-unsaturated/α-hetero) is 1. The minimum absolute atomic E-state index is 0.0425. The molecule has 148 valence electrons. The lowest BCUT2D eigenvalue weighted by molar-refractivity contribution is -0.116. The molecule has 3 rings (SSSR count). The summed E-state index contributed by atoms with van der Waals surface area (Å²) in [6.07, 6.45) is 4.54. The number of rotatable bonds is 8. The molecule has 0 saturated carbocycles. The van der Waals surface area contributed by atoms with Gasteiger partial charge in [-0.3, -0.25) is 9.59 Å². The third-order valence-electron chi connectivity index (χ3n) is 3.83. The van der Waals surface area contributed by atoms with Crippen molar-refractivity contribution in [1.82, 2.24) is 15.5 Å². The molecule has 1 N–H and O–H groups in total. The van der Waals surface area contributed by atoms with Crippen LogP contribution in [-0.4, -0.2) is 35.0 Å². The SMILES string of the molecule is CC(=O)c1ccc(-c2ccc(OCCNC(=O)/C=C/c3cccnn3)c(Cl)c2)s1. The predicted molar refractivity (Wildman–Crippen MR) is 114 cm³/mol. The van der Waals surface area contributed by atoms with Crippen LogP contribution in [0.4, 0.5) is 0 Å². The van der Waals surface area contributed by atoms with E-state index >= 15 is 0 Å². The van der Waals surface area contributed by atoms with Crippen molar-refractivity contribution in [3.63, 3.8) is 0 Å². The summed E-state index contributed by atoms with van der Waals surface area (Å²) in [6, 6.07) is 12.7. The zero-order valence-electron chi connectivity index (χ0n) is 15.6.